The van der Waals surface area contributed by atoms with Crippen molar-refractivity contribution in [2.45, 2.75) is 45.6 Å². The standard InChI is InChI=1S/C11H19NO5/c1-3-4-5-6-7-8-11(13)16-9-10(2)17-12(14)15/h4-5,10H,3,6-9H2,1-2H3/b5-4-. The van der Waals surface area contributed by atoms with E-state index in [2.05, 4.69) is 4.84 Å². The van der Waals surface area contributed by atoms with Crippen LogP contribution in [-0.4, -0.2) is 23.8 Å². The number of carbonyl (C=O) groups is 1. The number of allylic oxidation sites excluding steroid dienone is 2. The molecule has 0 heterocycles. The molecule has 6 heteroatoms. The number of ether oxygens (including phenoxy) is 1. The van der Waals surface area contributed by atoms with Gasteiger partial charge in [-0.25, -0.2) is 0 Å². The molecular formula is C11H19NO5. The Balaban J connectivity index is 3.52. The van der Waals surface area contributed by atoms with Crippen LogP contribution in [0.3, 0.4) is 0 Å². The second-order valence-corrected chi connectivity index (χ2v) is 3.59. The highest BCUT2D eigenvalue weighted by molar-refractivity contribution is 5.69. The first-order valence-electron chi connectivity index (χ1n) is 5.68. The Bertz CT molecular complexity index is 265. The van der Waals surface area contributed by atoms with Gasteiger partial charge < -0.3 is 9.57 Å². The van der Waals surface area contributed by atoms with E-state index in [1.807, 2.05) is 19.1 Å². The Morgan fingerprint density at radius 3 is 2.76 bits per heavy atom. The minimum Gasteiger partial charge on any atom is -0.463 e. The van der Waals surface area contributed by atoms with Crippen molar-refractivity contribution < 1.29 is 19.5 Å². The predicted octanol–water partition coefficient (Wildman–Crippen LogP) is 2.26. The molecule has 0 amide bonds. The van der Waals surface area contributed by atoms with E-state index in [-0.39, 0.29) is 12.6 Å². The molecule has 0 radical (unpaired) electrons. The van der Waals surface area contributed by atoms with Crippen molar-refractivity contribution in [1.82, 2.24) is 0 Å². The van der Waals surface area contributed by atoms with Crippen LogP contribution in [0.1, 0.15) is 39.5 Å². The molecule has 0 aliphatic heterocycles. The first-order chi connectivity index (χ1) is 8.06. The number of nitrogens with zero attached hydrogens (tertiary/aromatic N) is 1. The van der Waals surface area contributed by atoms with E-state index in [0.29, 0.717) is 6.42 Å². The van der Waals surface area contributed by atoms with E-state index in [9.17, 15) is 14.9 Å². The molecule has 17 heavy (non-hydrogen) atoms. The molecule has 0 fully saturated rings. The van der Waals surface area contributed by atoms with Gasteiger partial charge in [-0.3, -0.25) is 4.79 Å². The third-order valence-electron chi connectivity index (χ3n) is 1.90. The molecule has 0 aromatic heterocycles. The Morgan fingerprint density at radius 2 is 2.18 bits per heavy atom. The summed E-state index contributed by atoms with van der Waals surface area (Å²) in [5, 5.41) is 9.07. The van der Waals surface area contributed by atoms with Gasteiger partial charge in [-0.1, -0.05) is 19.1 Å². The molecule has 0 rings (SSSR count). The SMILES string of the molecule is CC/C=C\CCCC(=O)OCC(C)O[N+](=O)[O-]. The molecule has 1 atom stereocenters. The van der Waals surface area contributed by atoms with Gasteiger partial charge >= 0.3 is 5.97 Å². The van der Waals surface area contributed by atoms with Crippen LogP contribution in [0, 0.1) is 10.1 Å². The molecule has 0 bridgehead atoms. The van der Waals surface area contributed by atoms with Crippen molar-refractivity contribution in [1.29, 1.82) is 0 Å². The maximum atomic E-state index is 11.2. The molecule has 0 spiro atoms. The summed E-state index contributed by atoms with van der Waals surface area (Å²) in [4.78, 5) is 25.3. The molecule has 6 nitrogen and oxygen atoms in total. The molecular weight excluding hydrogens is 226 g/mol. The molecule has 0 aliphatic rings. The van der Waals surface area contributed by atoms with Crippen molar-refractivity contribution in [2.75, 3.05) is 6.61 Å². The smallest absolute Gasteiger partial charge is 0.305 e. The molecule has 0 aromatic rings. The second kappa shape index (κ2) is 9.62. The molecule has 1 unspecified atom stereocenters. The Labute approximate surface area is 101 Å². The minimum absolute atomic E-state index is 0.0926. The normalized spacial score (nSPS) is 12.4. The van der Waals surface area contributed by atoms with Crippen LogP contribution in [0.25, 0.3) is 0 Å². The Kier molecular flexibility index (Phi) is 8.72. The summed E-state index contributed by atoms with van der Waals surface area (Å²) in [5.74, 6) is -0.353. The fourth-order valence-electron chi connectivity index (χ4n) is 1.11. The third-order valence-corrected chi connectivity index (χ3v) is 1.90. The van der Waals surface area contributed by atoms with Gasteiger partial charge in [0.25, 0.3) is 5.09 Å². The lowest BCUT2D eigenvalue weighted by molar-refractivity contribution is -0.767. The number of rotatable bonds is 9. The van der Waals surface area contributed by atoms with Gasteiger partial charge in [-0.2, -0.15) is 0 Å². The first-order valence-corrected chi connectivity index (χ1v) is 5.68. The third kappa shape index (κ3) is 10.7. The van der Waals surface area contributed by atoms with Crippen molar-refractivity contribution in [2.24, 2.45) is 0 Å². The summed E-state index contributed by atoms with van der Waals surface area (Å²) in [6, 6.07) is 0. The van der Waals surface area contributed by atoms with E-state index in [1.54, 1.807) is 0 Å². The zero-order chi connectivity index (χ0) is 13.1. The van der Waals surface area contributed by atoms with Gasteiger partial charge in [0, 0.05) is 6.42 Å². The zero-order valence-corrected chi connectivity index (χ0v) is 10.3. The lowest BCUT2D eigenvalue weighted by Crippen LogP contribution is -2.21. The summed E-state index contributed by atoms with van der Waals surface area (Å²) >= 11 is 0. The molecule has 0 aromatic carbocycles. The van der Waals surface area contributed by atoms with Crippen molar-refractivity contribution in [3.05, 3.63) is 22.3 Å². The summed E-state index contributed by atoms with van der Waals surface area (Å²) < 4.78 is 4.82. The van der Waals surface area contributed by atoms with Crippen LogP contribution in [0.2, 0.25) is 0 Å². The Morgan fingerprint density at radius 1 is 1.47 bits per heavy atom. The van der Waals surface area contributed by atoms with E-state index >= 15 is 0 Å². The number of hydrogen-bond donors (Lipinski definition) is 0. The van der Waals surface area contributed by atoms with E-state index in [4.69, 9.17) is 4.74 Å². The van der Waals surface area contributed by atoms with Crippen LogP contribution in [0.4, 0.5) is 0 Å². The van der Waals surface area contributed by atoms with E-state index in [0.717, 1.165) is 19.3 Å². The van der Waals surface area contributed by atoms with Crippen LogP contribution in [0.15, 0.2) is 12.2 Å². The number of unbranched alkanes of at least 4 members (excludes halogenated alkanes) is 1. The van der Waals surface area contributed by atoms with Crippen molar-refractivity contribution in [3.8, 4) is 0 Å². The van der Waals surface area contributed by atoms with E-state index in [1.165, 1.54) is 6.92 Å². The van der Waals surface area contributed by atoms with Crippen LogP contribution < -0.4 is 0 Å². The summed E-state index contributed by atoms with van der Waals surface area (Å²) in [6.07, 6.45) is 6.20. The maximum absolute atomic E-state index is 11.2. The van der Waals surface area contributed by atoms with Gasteiger partial charge in [-0.15, -0.1) is 10.1 Å². The highest BCUT2D eigenvalue weighted by Crippen LogP contribution is 2.01. The molecule has 0 saturated carbocycles. The fourth-order valence-corrected chi connectivity index (χ4v) is 1.11. The van der Waals surface area contributed by atoms with Gasteiger partial charge in [0.2, 0.25) is 0 Å². The number of hydrogen-bond acceptors (Lipinski definition) is 5. The average molecular weight is 245 g/mol. The molecule has 98 valence electrons. The predicted molar refractivity (Wildman–Crippen MR) is 61.8 cm³/mol. The van der Waals surface area contributed by atoms with E-state index < -0.39 is 11.2 Å². The fraction of sp³-hybridized carbons (Fsp3) is 0.727. The van der Waals surface area contributed by atoms with Crippen LogP contribution >= 0.6 is 0 Å². The highest BCUT2D eigenvalue weighted by atomic mass is 17.0. The van der Waals surface area contributed by atoms with Crippen LogP contribution in [0.5, 0.6) is 0 Å². The zero-order valence-electron chi connectivity index (χ0n) is 10.3. The summed E-state index contributed by atoms with van der Waals surface area (Å²) in [7, 11) is 0. The topological polar surface area (TPSA) is 78.7 Å². The number of esters is 1. The minimum atomic E-state index is -0.895. The molecule has 0 saturated heterocycles. The van der Waals surface area contributed by atoms with Gasteiger partial charge in [-0.05, 0) is 26.2 Å². The second-order valence-electron chi connectivity index (χ2n) is 3.59. The molecule has 0 aliphatic carbocycles. The van der Waals surface area contributed by atoms with Crippen LogP contribution in [-0.2, 0) is 14.4 Å². The lowest BCUT2D eigenvalue weighted by atomic mass is 10.2. The van der Waals surface area contributed by atoms with Gasteiger partial charge in [0.05, 0.1) is 0 Å². The first kappa shape index (κ1) is 15.4. The van der Waals surface area contributed by atoms with Crippen molar-refractivity contribution in [3.63, 3.8) is 0 Å². The van der Waals surface area contributed by atoms with Gasteiger partial charge in [0.15, 0.2) is 0 Å². The monoisotopic (exact) mass is 245 g/mol. The average Bonchev–Trinajstić information content (AvgIpc) is 2.25. The molecule has 0 N–H and O–H groups in total. The highest BCUT2D eigenvalue weighted by Gasteiger charge is 2.10. The summed E-state index contributed by atoms with van der Waals surface area (Å²) in [6.45, 7) is 3.42. The quantitative estimate of drug-likeness (QED) is 0.205. The lowest BCUT2D eigenvalue weighted by Gasteiger charge is -2.09. The Hall–Kier alpha value is -1.59. The summed E-state index contributed by atoms with van der Waals surface area (Å²) in [5.41, 5.74) is 0. The number of carbonyl (C=O) groups excluding carboxylic acids is 1. The van der Waals surface area contributed by atoms with Crippen molar-refractivity contribution >= 4 is 5.97 Å². The maximum Gasteiger partial charge on any atom is 0.305 e. The van der Waals surface area contributed by atoms with Gasteiger partial charge in [0.1, 0.15) is 12.7 Å². The largest absolute Gasteiger partial charge is 0.463 e.